The molecule has 2 aromatic carbocycles. The van der Waals surface area contributed by atoms with Crippen LogP contribution in [0.1, 0.15) is 40.1 Å². The summed E-state index contributed by atoms with van der Waals surface area (Å²) in [5.74, 6) is -0.306. The predicted molar refractivity (Wildman–Crippen MR) is 88.3 cm³/mol. The number of carbonyl (C=O) groups is 2. The van der Waals surface area contributed by atoms with Gasteiger partial charge in [-0.05, 0) is 38.1 Å². The first-order valence-electron chi connectivity index (χ1n) is 6.74. The van der Waals surface area contributed by atoms with Crippen molar-refractivity contribution in [3.05, 3.63) is 59.2 Å². The van der Waals surface area contributed by atoms with E-state index in [9.17, 15) is 13.8 Å². The molecule has 1 aliphatic rings. The van der Waals surface area contributed by atoms with E-state index in [2.05, 4.69) is 15.9 Å². The van der Waals surface area contributed by atoms with Crippen LogP contribution in [-0.2, 0) is 10.8 Å². The highest BCUT2D eigenvalue weighted by molar-refractivity contribution is 9.10. The summed E-state index contributed by atoms with van der Waals surface area (Å²) < 4.78 is 11.9. The van der Waals surface area contributed by atoms with Gasteiger partial charge in [0.1, 0.15) is 0 Å². The van der Waals surface area contributed by atoms with E-state index in [1.54, 1.807) is 56.3 Å². The highest BCUT2D eigenvalue weighted by atomic mass is 79.9. The van der Waals surface area contributed by atoms with Crippen LogP contribution in [0.3, 0.4) is 0 Å². The van der Waals surface area contributed by atoms with Gasteiger partial charge in [0.25, 0.3) is 0 Å². The maximum absolute atomic E-state index is 12.6. The summed E-state index contributed by atoms with van der Waals surface area (Å²) in [6, 6.07) is 11.7. The Hall–Kier alpha value is -1.59. The van der Waals surface area contributed by atoms with E-state index in [-0.39, 0.29) is 11.6 Å². The van der Waals surface area contributed by atoms with Gasteiger partial charge in [0, 0.05) is 16.7 Å². The van der Waals surface area contributed by atoms with Crippen LogP contribution in [0.15, 0.2) is 52.3 Å². The maximum Gasteiger partial charge on any atom is 0.195 e. The van der Waals surface area contributed by atoms with Crippen LogP contribution in [0.2, 0.25) is 0 Å². The molecule has 0 fully saturated rings. The molecule has 22 heavy (non-hydrogen) atoms. The number of halogens is 1. The van der Waals surface area contributed by atoms with Crippen molar-refractivity contribution in [1.82, 2.24) is 0 Å². The van der Waals surface area contributed by atoms with Crippen LogP contribution in [0.5, 0.6) is 0 Å². The molecule has 0 N–H and O–H groups in total. The molecule has 0 saturated carbocycles. The first-order chi connectivity index (χ1) is 10.3. The van der Waals surface area contributed by atoms with E-state index in [1.165, 1.54) is 0 Å². The van der Waals surface area contributed by atoms with Crippen LogP contribution < -0.4 is 0 Å². The molecule has 3 nitrogen and oxygen atoms in total. The fourth-order valence-electron chi connectivity index (χ4n) is 2.43. The fraction of sp³-hybridized carbons (Fsp3) is 0.176. The summed E-state index contributed by atoms with van der Waals surface area (Å²) in [6.45, 7) is 3.51. The van der Waals surface area contributed by atoms with Crippen LogP contribution in [0.4, 0.5) is 0 Å². The number of fused-ring (bicyclic) bond motifs is 2. The van der Waals surface area contributed by atoms with Gasteiger partial charge in [0.2, 0.25) is 0 Å². The second-order valence-electron chi connectivity index (χ2n) is 5.61. The maximum atomic E-state index is 12.6. The Morgan fingerprint density at radius 3 is 2.36 bits per heavy atom. The van der Waals surface area contributed by atoms with Crippen molar-refractivity contribution in [1.29, 1.82) is 0 Å². The Morgan fingerprint density at radius 2 is 1.68 bits per heavy atom. The SMILES string of the molecule is CC(C)(Br)C(=O)c1ccc2c(c1)C(=O)c1ccccc1S2=O. The van der Waals surface area contributed by atoms with Crippen LogP contribution in [-0.4, -0.2) is 20.1 Å². The number of hydrogen-bond donors (Lipinski definition) is 0. The summed E-state index contributed by atoms with van der Waals surface area (Å²) in [6.07, 6.45) is 0. The molecule has 2 aromatic rings. The molecular weight excluding hydrogens is 364 g/mol. The molecule has 0 aliphatic carbocycles. The third kappa shape index (κ3) is 2.38. The lowest BCUT2D eigenvalue weighted by molar-refractivity contribution is 0.0961. The second kappa shape index (κ2) is 5.25. The largest absolute Gasteiger partial charge is 0.293 e. The van der Waals surface area contributed by atoms with E-state index in [4.69, 9.17) is 0 Å². The summed E-state index contributed by atoms with van der Waals surface area (Å²) in [7, 11) is -1.40. The van der Waals surface area contributed by atoms with Gasteiger partial charge in [0.15, 0.2) is 11.6 Å². The van der Waals surface area contributed by atoms with Crippen molar-refractivity contribution in [2.45, 2.75) is 28.0 Å². The molecule has 0 amide bonds. The number of benzene rings is 2. The molecule has 0 saturated heterocycles. The third-order valence-corrected chi connectivity index (χ3v) is 5.43. The van der Waals surface area contributed by atoms with Crippen molar-refractivity contribution in [3.8, 4) is 0 Å². The van der Waals surface area contributed by atoms with Crippen LogP contribution >= 0.6 is 15.9 Å². The fourth-order valence-corrected chi connectivity index (χ4v) is 4.00. The Bertz CT molecular complexity index is 834. The molecule has 3 rings (SSSR count). The van der Waals surface area contributed by atoms with Crippen molar-refractivity contribution in [2.75, 3.05) is 0 Å². The average Bonchev–Trinajstić information content (AvgIpc) is 2.50. The topological polar surface area (TPSA) is 51.2 Å². The molecule has 0 bridgehead atoms. The van der Waals surface area contributed by atoms with E-state index in [0.717, 1.165) is 0 Å². The molecule has 112 valence electrons. The highest BCUT2D eigenvalue weighted by Gasteiger charge is 2.31. The zero-order valence-corrected chi connectivity index (χ0v) is 14.5. The molecule has 5 heteroatoms. The minimum atomic E-state index is -1.40. The van der Waals surface area contributed by atoms with E-state index >= 15 is 0 Å². The Kier molecular flexibility index (Phi) is 3.65. The normalized spacial score (nSPS) is 16.9. The van der Waals surface area contributed by atoms with Gasteiger partial charge in [0.05, 0.1) is 24.9 Å². The lowest BCUT2D eigenvalue weighted by Crippen LogP contribution is -2.25. The zero-order valence-electron chi connectivity index (χ0n) is 12.1. The lowest BCUT2D eigenvalue weighted by atomic mass is 9.95. The predicted octanol–water partition coefficient (Wildman–Crippen LogP) is 3.75. The van der Waals surface area contributed by atoms with Gasteiger partial charge < -0.3 is 0 Å². The molecule has 0 spiro atoms. The Labute approximate surface area is 139 Å². The zero-order chi connectivity index (χ0) is 16.1. The first kappa shape index (κ1) is 15.3. The van der Waals surface area contributed by atoms with Crippen molar-refractivity contribution >= 4 is 38.3 Å². The number of alkyl halides is 1. The smallest absolute Gasteiger partial charge is 0.195 e. The molecule has 0 aromatic heterocycles. The van der Waals surface area contributed by atoms with Crippen molar-refractivity contribution in [2.24, 2.45) is 0 Å². The first-order valence-corrected chi connectivity index (χ1v) is 8.68. The molecule has 1 unspecified atom stereocenters. The van der Waals surface area contributed by atoms with Crippen molar-refractivity contribution < 1.29 is 13.8 Å². The summed E-state index contributed by atoms with van der Waals surface area (Å²) >= 11 is 3.34. The molecule has 1 heterocycles. The minimum Gasteiger partial charge on any atom is -0.293 e. The number of carbonyl (C=O) groups excluding carboxylic acids is 2. The summed E-state index contributed by atoms with van der Waals surface area (Å²) in [5.41, 5.74) is 1.22. The van der Waals surface area contributed by atoms with Crippen LogP contribution in [0.25, 0.3) is 0 Å². The van der Waals surface area contributed by atoms with Gasteiger partial charge in [-0.2, -0.15) is 0 Å². The van der Waals surface area contributed by atoms with Gasteiger partial charge in [-0.1, -0.05) is 34.1 Å². The molecule has 0 radical (unpaired) electrons. The number of Topliss-reactive ketones (excluding diaryl/α,β-unsaturated/α-hetero) is 1. The Morgan fingerprint density at radius 1 is 1.05 bits per heavy atom. The summed E-state index contributed by atoms with van der Waals surface area (Å²) in [4.78, 5) is 26.0. The van der Waals surface area contributed by atoms with Gasteiger partial charge in [-0.15, -0.1) is 0 Å². The van der Waals surface area contributed by atoms with E-state index in [0.29, 0.717) is 26.5 Å². The second-order valence-corrected chi connectivity index (χ2v) is 9.01. The molecule has 1 aliphatic heterocycles. The Balaban J connectivity index is 2.16. The van der Waals surface area contributed by atoms with Crippen molar-refractivity contribution in [3.63, 3.8) is 0 Å². The van der Waals surface area contributed by atoms with Gasteiger partial charge in [-0.3, -0.25) is 9.59 Å². The van der Waals surface area contributed by atoms with Gasteiger partial charge in [-0.25, -0.2) is 4.21 Å². The summed E-state index contributed by atoms with van der Waals surface area (Å²) in [5, 5.41) is 0. The van der Waals surface area contributed by atoms with E-state index < -0.39 is 15.1 Å². The number of rotatable bonds is 2. The van der Waals surface area contributed by atoms with Crippen LogP contribution in [0, 0.1) is 0 Å². The van der Waals surface area contributed by atoms with E-state index in [1.807, 2.05) is 0 Å². The molecule has 1 atom stereocenters. The molecular formula is C17H13BrO3S. The number of ketones is 2. The standard InChI is InChI=1S/C17H13BrO3S/c1-17(2,18)16(20)10-7-8-14-12(9-10)15(19)11-5-3-4-6-13(11)22(14)21/h3-9H,1-2H3. The van der Waals surface area contributed by atoms with Gasteiger partial charge >= 0.3 is 0 Å². The highest BCUT2D eigenvalue weighted by Crippen LogP contribution is 2.33. The average molecular weight is 377 g/mol. The third-order valence-electron chi connectivity index (χ3n) is 3.56. The lowest BCUT2D eigenvalue weighted by Gasteiger charge is -2.20. The quantitative estimate of drug-likeness (QED) is 0.505. The number of hydrogen-bond acceptors (Lipinski definition) is 3. The minimum absolute atomic E-state index is 0.118. The monoisotopic (exact) mass is 376 g/mol.